The monoisotopic (exact) mass is 300 g/mol. The number of ether oxygens (including phenoxy) is 1. The van der Waals surface area contributed by atoms with Gasteiger partial charge >= 0.3 is 0 Å². The molecule has 3 N–H and O–H groups in total. The predicted octanol–water partition coefficient (Wildman–Crippen LogP) is 2.35. The average molecular weight is 300 g/mol. The van der Waals surface area contributed by atoms with Crippen molar-refractivity contribution in [2.75, 3.05) is 0 Å². The third-order valence-corrected chi connectivity index (χ3v) is 5.66. The lowest BCUT2D eigenvalue weighted by Gasteiger charge is -2.45. The Bertz CT molecular complexity index is 572. The van der Waals surface area contributed by atoms with Crippen molar-refractivity contribution >= 4 is 5.91 Å². The van der Waals surface area contributed by atoms with Crippen LogP contribution in [0, 0.1) is 11.8 Å². The van der Waals surface area contributed by atoms with Crippen LogP contribution in [0.4, 0.5) is 0 Å². The summed E-state index contributed by atoms with van der Waals surface area (Å²) in [7, 11) is 0. The van der Waals surface area contributed by atoms with Crippen molar-refractivity contribution in [2.45, 2.75) is 57.4 Å². The Kier molecular flexibility index (Phi) is 3.66. The standard InChI is InChI=1S/C18H24N2O2/c19-16-7-11-2-1-3-12(8-16)17(11)20-18(21)13-4-5-14-9-22-10-15(14)6-13/h4-6,11-12,16-17H,1-3,7-10,19H2,(H,20,21). The van der Waals surface area contributed by atoms with Crippen LogP contribution in [0.5, 0.6) is 0 Å². The van der Waals surface area contributed by atoms with Crippen LogP contribution in [-0.4, -0.2) is 18.0 Å². The van der Waals surface area contributed by atoms with E-state index in [-0.39, 0.29) is 5.91 Å². The SMILES string of the molecule is NC1CC2CCCC(C1)C2NC(=O)c1ccc2c(c1)COC2. The van der Waals surface area contributed by atoms with Crippen LogP contribution in [0.1, 0.15) is 53.6 Å². The van der Waals surface area contributed by atoms with Gasteiger partial charge in [0, 0.05) is 17.6 Å². The smallest absolute Gasteiger partial charge is 0.251 e. The minimum Gasteiger partial charge on any atom is -0.372 e. The first kappa shape index (κ1) is 14.2. The highest BCUT2D eigenvalue weighted by molar-refractivity contribution is 5.94. The van der Waals surface area contributed by atoms with Crippen LogP contribution in [0.2, 0.25) is 0 Å². The zero-order valence-corrected chi connectivity index (χ0v) is 12.9. The number of nitrogens with one attached hydrogen (secondary N) is 1. The highest BCUT2D eigenvalue weighted by Gasteiger charge is 2.40. The van der Waals surface area contributed by atoms with Gasteiger partial charge in [-0.3, -0.25) is 4.79 Å². The van der Waals surface area contributed by atoms with Crippen LogP contribution in [0.15, 0.2) is 18.2 Å². The lowest BCUT2D eigenvalue weighted by atomic mass is 9.67. The minimum absolute atomic E-state index is 0.0621. The Morgan fingerprint density at radius 3 is 2.64 bits per heavy atom. The number of rotatable bonds is 2. The van der Waals surface area contributed by atoms with Gasteiger partial charge in [-0.25, -0.2) is 0 Å². The molecule has 1 aromatic carbocycles. The normalized spacial score (nSPS) is 33.3. The molecule has 4 nitrogen and oxygen atoms in total. The summed E-state index contributed by atoms with van der Waals surface area (Å²) in [6.45, 7) is 1.29. The van der Waals surface area contributed by atoms with Crippen molar-refractivity contribution in [3.63, 3.8) is 0 Å². The number of nitrogens with two attached hydrogens (primary N) is 1. The zero-order chi connectivity index (χ0) is 15.1. The Hall–Kier alpha value is -1.39. The molecule has 118 valence electrons. The van der Waals surface area contributed by atoms with Crippen molar-refractivity contribution in [3.8, 4) is 0 Å². The molecule has 2 atom stereocenters. The Labute approximate surface area is 131 Å². The van der Waals surface area contributed by atoms with Gasteiger partial charge in [-0.15, -0.1) is 0 Å². The van der Waals surface area contributed by atoms with E-state index in [1.807, 2.05) is 18.2 Å². The Morgan fingerprint density at radius 2 is 1.86 bits per heavy atom. The van der Waals surface area contributed by atoms with Gasteiger partial charge in [-0.1, -0.05) is 12.5 Å². The molecule has 2 fully saturated rings. The summed E-state index contributed by atoms with van der Waals surface area (Å²) >= 11 is 0. The molecule has 1 aromatic rings. The van der Waals surface area contributed by atoms with E-state index in [1.54, 1.807) is 0 Å². The van der Waals surface area contributed by atoms with Crippen molar-refractivity contribution in [3.05, 3.63) is 34.9 Å². The molecule has 1 amide bonds. The molecule has 0 spiro atoms. The molecule has 2 saturated carbocycles. The number of fused-ring (bicyclic) bond motifs is 3. The summed E-state index contributed by atoms with van der Waals surface area (Å²) in [5.41, 5.74) is 9.28. The van der Waals surface area contributed by atoms with Crippen molar-refractivity contribution in [2.24, 2.45) is 17.6 Å². The number of carbonyl (C=O) groups is 1. The fourth-order valence-electron chi connectivity index (χ4n) is 4.57. The van der Waals surface area contributed by atoms with E-state index in [2.05, 4.69) is 5.32 Å². The maximum atomic E-state index is 12.6. The molecular formula is C18H24N2O2. The molecule has 0 aromatic heterocycles. The minimum atomic E-state index is 0.0621. The first-order chi connectivity index (χ1) is 10.7. The van der Waals surface area contributed by atoms with E-state index >= 15 is 0 Å². The van der Waals surface area contributed by atoms with E-state index in [0.717, 1.165) is 24.0 Å². The molecule has 0 radical (unpaired) electrons. The first-order valence-corrected chi connectivity index (χ1v) is 8.46. The first-order valence-electron chi connectivity index (χ1n) is 8.46. The third-order valence-electron chi connectivity index (χ3n) is 5.66. The summed E-state index contributed by atoms with van der Waals surface area (Å²) in [5, 5.41) is 3.31. The van der Waals surface area contributed by atoms with Crippen molar-refractivity contribution in [1.82, 2.24) is 5.32 Å². The second-order valence-electron chi connectivity index (χ2n) is 7.16. The summed E-state index contributed by atoms with van der Waals surface area (Å²) in [5.74, 6) is 1.18. The maximum Gasteiger partial charge on any atom is 0.251 e. The molecule has 3 aliphatic rings. The number of benzene rings is 1. The quantitative estimate of drug-likeness (QED) is 0.881. The molecule has 1 heterocycles. The largest absolute Gasteiger partial charge is 0.372 e. The zero-order valence-electron chi connectivity index (χ0n) is 12.9. The van der Waals surface area contributed by atoms with Crippen molar-refractivity contribution in [1.29, 1.82) is 0 Å². The van der Waals surface area contributed by atoms with Gasteiger partial charge in [0.1, 0.15) is 0 Å². The summed E-state index contributed by atoms with van der Waals surface area (Å²) in [6.07, 6.45) is 5.80. The summed E-state index contributed by atoms with van der Waals surface area (Å²) in [6, 6.07) is 6.57. The molecule has 4 heteroatoms. The van der Waals surface area contributed by atoms with Gasteiger partial charge in [0.05, 0.1) is 13.2 Å². The van der Waals surface area contributed by atoms with Gasteiger partial charge in [-0.05, 0) is 60.8 Å². The molecule has 0 saturated heterocycles. The fourth-order valence-corrected chi connectivity index (χ4v) is 4.57. The molecule has 4 rings (SSSR count). The van der Waals surface area contributed by atoms with E-state index in [9.17, 15) is 4.79 Å². The number of hydrogen-bond donors (Lipinski definition) is 2. The van der Waals surface area contributed by atoms with Crippen LogP contribution >= 0.6 is 0 Å². The van der Waals surface area contributed by atoms with Gasteiger partial charge in [0.15, 0.2) is 0 Å². The van der Waals surface area contributed by atoms with Gasteiger partial charge < -0.3 is 15.8 Å². The molecule has 1 aliphatic heterocycles. The second kappa shape index (κ2) is 5.67. The van der Waals surface area contributed by atoms with Crippen LogP contribution < -0.4 is 11.1 Å². The lowest BCUT2D eigenvalue weighted by Crippen LogP contribution is -2.53. The van der Waals surface area contributed by atoms with E-state index in [1.165, 1.54) is 24.8 Å². The van der Waals surface area contributed by atoms with Crippen LogP contribution in [0.3, 0.4) is 0 Å². The molecule has 2 unspecified atom stereocenters. The number of amides is 1. The summed E-state index contributed by atoms with van der Waals surface area (Å²) in [4.78, 5) is 12.6. The number of carbonyl (C=O) groups excluding carboxylic acids is 1. The Morgan fingerprint density at radius 1 is 1.14 bits per heavy atom. The van der Waals surface area contributed by atoms with Gasteiger partial charge in [-0.2, -0.15) is 0 Å². The third kappa shape index (κ3) is 2.55. The van der Waals surface area contributed by atoms with Crippen molar-refractivity contribution < 1.29 is 9.53 Å². The molecule has 2 bridgehead atoms. The highest BCUT2D eigenvalue weighted by Crippen LogP contribution is 2.39. The van der Waals surface area contributed by atoms with E-state index < -0.39 is 0 Å². The molecule has 2 aliphatic carbocycles. The predicted molar refractivity (Wildman–Crippen MR) is 84.2 cm³/mol. The maximum absolute atomic E-state index is 12.6. The molecular weight excluding hydrogens is 276 g/mol. The van der Waals surface area contributed by atoms with Crippen LogP contribution in [0.25, 0.3) is 0 Å². The van der Waals surface area contributed by atoms with Gasteiger partial charge in [0.2, 0.25) is 0 Å². The Balaban J connectivity index is 1.49. The van der Waals surface area contributed by atoms with E-state index in [4.69, 9.17) is 10.5 Å². The van der Waals surface area contributed by atoms with Crippen LogP contribution in [-0.2, 0) is 18.0 Å². The van der Waals surface area contributed by atoms with E-state index in [0.29, 0.717) is 37.1 Å². The van der Waals surface area contributed by atoms with Gasteiger partial charge in [0.25, 0.3) is 5.91 Å². The highest BCUT2D eigenvalue weighted by atomic mass is 16.5. The average Bonchev–Trinajstić information content (AvgIpc) is 2.95. The summed E-state index contributed by atoms with van der Waals surface area (Å²) < 4.78 is 5.43. The number of hydrogen-bond acceptors (Lipinski definition) is 3. The lowest BCUT2D eigenvalue weighted by molar-refractivity contribution is 0.0756. The topological polar surface area (TPSA) is 64.3 Å². The fraction of sp³-hybridized carbons (Fsp3) is 0.611. The second-order valence-corrected chi connectivity index (χ2v) is 7.16. The molecule has 22 heavy (non-hydrogen) atoms.